The van der Waals surface area contributed by atoms with Crippen molar-refractivity contribution in [3.05, 3.63) is 77.4 Å². The standard InChI is InChI=1S/C24H29NO3/c1-18(2)21-13-10-20(11-14-21)12-15-23(26)25(17-16-24(27)28-4)19(3)22-8-6-5-7-9-22/h5-15,18-19H,16-17H2,1-4H3/b15-12+. The van der Waals surface area contributed by atoms with Crippen molar-refractivity contribution in [2.45, 2.75) is 39.2 Å². The highest BCUT2D eigenvalue weighted by Gasteiger charge is 2.20. The van der Waals surface area contributed by atoms with Crippen LogP contribution in [0.1, 0.15) is 55.8 Å². The Bertz CT molecular complexity index is 794. The van der Waals surface area contributed by atoms with Crippen molar-refractivity contribution in [1.82, 2.24) is 4.90 Å². The summed E-state index contributed by atoms with van der Waals surface area (Å²) in [4.78, 5) is 26.2. The number of carbonyl (C=O) groups excluding carboxylic acids is 2. The lowest BCUT2D eigenvalue weighted by molar-refractivity contribution is -0.141. The molecule has 1 atom stereocenters. The van der Waals surface area contributed by atoms with Gasteiger partial charge in [-0.25, -0.2) is 0 Å². The summed E-state index contributed by atoms with van der Waals surface area (Å²) in [5, 5.41) is 0. The van der Waals surface area contributed by atoms with Crippen LogP contribution < -0.4 is 0 Å². The van der Waals surface area contributed by atoms with Crippen LogP contribution >= 0.6 is 0 Å². The zero-order valence-corrected chi connectivity index (χ0v) is 17.1. The highest BCUT2D eigenvalue weighted by Crippen LogP contribution is 2.21. The molecule has 0 heterocycles. The molecule has 0 saturated carbocycles. The number of benzene rings is 2. The minimum absolute atomic E-state index is 0.131. The molecule has 0 N–H and O–H groups in total. The molecule has 0 aliphatic heterocycles. The topological polar surface area (TPSA) is 46.6 Å². The molecule has 0 bridgehead atoms. The summed E-state index contributed by atoms with van der Waals surface area (Å²) in [7, 11) is 1.36. The Kier molecular flexibility index (Phi) is 8.00. The SMILES string of the molecule is COC(=O)CCN(C(=O)/C=C/c1ccc(C(C)C)cc1)C(C)c1ccccc1. The summed E-state index contributed by atoms with van der Waals surface area (Å²) in [6.45, 7) is 6.57. The summed E-state index contributed by atoms with van der Waals surface area (Å²) < 4.78 is 4.73. The van der Waals surface area contributed by atoms with Crippen LogP contribution in [0.15, 0.2) is 60.7 Å². The Morgan fingerprint density at radius 1 is 0.964 bits per heavy atom. The van der Waals surface area contributed by atoms with Gasteiger partial charge in [0.2, 0.25) is 5.91 Å². The minimum atomic E-state index is -0.327. The fourth-order valence-electron chi connectivity index (χ4n) is 2.98. The zero-order chi connectivity index (χ0) is 20.5. The van der Waals surface area contributed by atoms with Gasteiger partial charge in [0, 0.05) is 12.6 Å². The number of hydrogen-bond donors (Lipinski definition) is 0. The maximum Gasteiger partial charge on any atom is 0.307 e. The normalized spacial score (nSPS) is 12.2. The monoisotopic (exact) mass is 379 g/mol. The summed E-state index contributed by atoms with van der Waals surface area (Å²) in [5.74, 6) is 0.0136. The lowest BCUT2D eigenvalue weighted by Gasteiger charge is -2.28. The third kappa shape index (κ3) is 6.08. The number of carbonyl (C=O) groups is 2. The molecular formula is C24H29NO3. The first-order valence-corrected chi connectivity index (χ1v) is 9.62. The second-order valence-corrected chi connectivity index (χ2v) is 7.10. The van der Waals surface area contributed by atoms with E-state index in [-0.39, 0.29) is 24.3 Å². The van der Waals surface area contributed by atoms with Crippen molar-refractivity contribution in [2.24, 2.45) is 0 Å². The fourth-order valence-corrected chi connectivity index (χ4v) is 2.98. The number of methoxy groups -OCH3 is 1. The van der Waals surface area contributed by atoms with E-state index < -0.39 is 0 Å². The number of esters is 1. The molecule has 0 radical (unpaired) electrons. The molecule has 2 aromatic carbocycles. The molecule has 0 fully saturated rings. The second-order valence-electron chi connectivity index (χ2n) is 7.10. The van der Waals surface area contributed by atoms with E-state index in [4.69, 9.17) is 4.74 Å². The van der Waals surface area contributed by atoms with Crippen molar-refractivity contribution in [2.75, 3.05) is 13.7 Å². The summed E-state index contributed by atoms with van der Waals surface area (Å²) in [5.41, 5.74) is 3.26. The predicted molar refractivity (Wildman–Crippen MR) is 113 cm³/mol. The first-order chi connectivity index (χ1) is 13.4. The van der Waals surface area contributed by atoms with Crippen LogP contribution in [0.2, 0.25) is 0 Å². The number of nitrogens with zero attached hydrogens (tertiary/aromatic N) is 1. The minimum Gasteiger partial charge on any atom is -0.469 e. The van der Waals surface area contributed by atoms with Gasteiger partial charge in [0.1, 0.15) is 0 Å². The van der Waals surface area contributed by atoms with Crippen LogP contribution in [0.3, 0.4) is 0 Å². The van der Waals surface area contributed by atoms with Crippen LogP contribution in [0.4, 0.5) is 0 Å². The largest absolute Gasteiger partial charge is 0.469 e. The Morgan fingerprint density at radius 3 is 2.18 bits per heavy atom. The van der Waals surface area contributed by atoms with Gasteiger partial charge in [0.05, 0.1) is 19.6 Å². The van der Waals surface area contributed by atoms with Crippen LogP contribution in [-0.4, -0.2) is 30.4 Å². The molecule has 0 aliphatic carbocycles. The van der Waals surface area contributed by atoms with Crippen LogP contribution in [0, 0.1) is 0 Å². The van der Waals surface area contributed by atoms with E-state index in [9.17, 15) is 9.59 Å². The maximum absolute atomic E-state index is 12.9. The third-order valence-corrected chi connectivity index (χ3v) is 4.84. The van der Waals surface area contributed by atoms with Crippen molar-refractivity contribution >= 4 is 18.0 Å². The quantitative estimate of drug-likeness (QED) is 0.480. The van der Waals surface area contributed by atoms with Gasteiger partial charge < -0.3 is 9.64 Å². The molecule has 0 aliphatic rings. The van der Waals surface area contributed by atoms with E-state index in [1.165, 1.54) is 12.7 Å². The highest BCUT2D eigenvalue weighted by atomic mass is 16.5. The number of hydrogen-bond acceptors (Lipinski definition) is 3. The molecule has 4 heteroatoms. The van der Waals surface area contributed by atoms with Crippen LogP contribution in [-0.2, 0) is 14.3 Å². The van der Waals surface area contributed by atoms with Crippen LogP contribution in [0.5, 0.6) is 0 Å². The van der Waals surface area contributed by atoms with Gasteiger partial charge in [-0.05, 0) is 35.6 Å². The molecule has 1 unspecified atom stereocenters. The van der Waals surface area contributed by atoms with Crippen molar-refractivity contribution in [3.8, 4) is 0 Å². The van der Waals surface area contributed by atoms with Gasteiger partial charge in [0.25, 0.3) is 0 Å². The summed E-state index contributed by atoms with van der Waals surface area (Å²) >= 11 is 0. The molecule has 28 heavy (non-hydrogen) atoms. The van der Waals surface area contributed by atoms with E-state index in [0.717, 1.165) is 11.1 Å². The molecule has 4 nitrogen and oxygen atoms in total. The first kappa shape index (κ1) is 21.4. The fraction of sp³-hybridized carbons (Fsp3) is 0.333. The number of ether oxygens (including phenoxy) is 1. The van der Waals surface area contributed by atoms with Gasteiger partial charge in [-0.3, -0.25) is 9.59 Å². The molecule has 2 aromatic rings. The lowest BCUT2D eigenvalue weighted by atomic mass is 10.0. The van der Waals surface area contributed by atoms with E-state index >= 15 is 0 Å². The summed E-state index contributed by atoms with van der Waals surface area (Å²) in [6.07, 6.45) is 3.55. The maximum atomic E-state index is 12.9. The van der Waals surface area contributed by atoms with Crippen LogP contribution in [0.25, 0.3) is 6.08 Å². The Morgan fingerprint density at radius 2 is 1.61 bits per heavy atom. The smallest absolute Gasteiger partial charge is 0.307 e. The highest BCUT2D eigenvalue weighted by molar-refractivity contribution is 5.92. The Hall–Kier alpha value is -2.88. The average Bonchev–Trinajstić information content (AvgIpc) is 2.72. The molecule has 2 rings (SSSR count). The summed E-state index contributed by atoms with van der Waals surface area (Å²) in [6, 6.07) is 17.8. The molecule has 1 amide bonds. The second kappa shape index (κ2) is 10.5. The molecule has 148 valence electrons. The average molecular weight is 380 g/mol. The van der Waals surface area contributed by atoms with Gasteiger partial charge in [0.15, 0.2) is 0 Å². The molecular weight excluding hydrogens is 350 g/mol. The number of rotatable bonds is 8. The van der Waals surface area contributed by atoms with Gasteiger partial charge in [-0.2, -0.15) is 0 Å². The van der Waals surface area contributed by atoms with Crippen molar-refractivity contribution < 1.29 is 14.3 Å². The predicted octanol–water partition coefficient (Wildman–Crippen LogP) is 4.98. The van der Waals surface area contributed by atoms with Crippen molar-refractivity contribution in [1.29, 1.82) is 0 Å². The zero-order valence-electron chi connectivity index (χ0n) is 17.1. The lowest BCUT2D eigenvalue weighted by Crippen LogP contribution is -2.34. The van der Waals surface area contributed by atoms with E-state index in [2.05, 4.69) is 26.0 Å². The Balaban J connectivity index is 2.16. The van der Waals surface area contributed by atoms with E-state index in [0.29, 0.717) is 12.5 Å². The van der Waals surface area contributed by atoms with Gasteiger partial charge in [-0.15, -0.1) is 0 Å². The van der Waals surface area contributed by atoms with E-state index in [1.54, 1.807) is 11.0 Å². The van der Waals surface area contributed by atoms with Crippen molar-refractivity contribution in [3.63, 3.8) is 0 Å². The molecule has 0 aromatic heterocycles. The molecule has 0 saturated heterocycles. The van der Waals surface area contributed by atoms with Gasteiger partial charge >= 0.3 is 5.97 Å². The van der Waals surface area contributed by atoms with E-state index in [1.807, 2.05) is 55.5 Å². The van der Waals surface area contributed by atoms with Gasteiger partial charge in [-0.1, -0.05) is 68.4 Å². The Labute approximate surface area is 167 Å². The first-order valence-electron chi connectivity index (χ1n) is 9.62. The molecule has 0 spiro atoms. The number of amides is 1. The third-order valence-electron chi connectivity index (χ3n) is 4.84.